The Labute approximate surface area is 138 Å². The minimum Gasteiger partial charge on any atom is -0.497 e. The molecule has 0 amide bonds. The van der Waals surface area contributed by atoms with Gasteiger partial charge in [-0.3, -0.25) is 4.90 Å². The molecule has 0 spiro atoms. The molecule has 2 fully saturated rings. The van der Waals surface area contributed by atoms with Crippen LogP contribution in [0.5, 0.6) is 5.75 Å². The Hall–Kier alpha value is -1.58. The molecule has 0 bridgehead atoms. The van der Waals surface area contributed by atoms with Gasteiger partial charge in [0.25, 0.3) is 0 Å². The SMILES string of the molecule is COc1ccc2cc([C@@H](CC3CC3)N3CCNCC3)ccc2c1. The molecule has 1 N–H and O–H groups in total. The standard InChI is InChI=1S/C20H26N2O/c1-23-19-7-6-16-13-18(5-4-17(16)14-19)20(12-15-2-3-15)22-10-8-21-9-11-22/h4-7,13-15,20-21H,2-3,8-12H2,1H3/t20-/m1/s1. The lowest BCUT2D eigenvalue weighted by Gasteiger charge is -2.35. The summed E-state index contributed by atoms with van der Waals surface area (Å²) in [5.74, 6) is 1.88. The van der Waals surface area contributed by atoms with Crippen molar-refractivity contribution in [2.24, 2.45) is 5.92 Å². The Balaban J connectivity index is 1.64. The van der Waals surface area contributed by atoms with Gasteiger partial charge in [-0.05, 0) is 46.9 Å². The van der Waals surface area contributed by atoms with Crippen molar-refractivity contribution in [3.05, 3.63) is 42.0 Å². The van der Waals surface area contributed by atoms with Crippen LogP contribution in [0.2, 0.25) is 0 Å². The minimum atomic E-state index is 0.580. The first kappa shape index (κ1) is 15.0. The zero-order valence-electron chi connectivity index (χ0n) is 13.9. The number of fused-ring (bicyclic) bond motifs is 1. The molecule has 23 heavy (non-hydrogen) atoms. The predicted octanol–water partition coefficient (Wildman–Crippen LogP) is 3.59. The number of hydrogen-bond acceptors (Lipinski definition) is 3. The van der Waals surface area contributed by atoms with Crippen molar-refractivity contribution in [1.82, 2.24) is 10.2 Å². The summed E-state index contributed by atoms with van der Waals surface area (Å²) in [5, 5.41) is 6.06. The van der Waals surface area contributed by atoms with E-state index in [9.17, 15) is 0 Å². The molecule has 1 saturated carbocycles. The first-order valence-electron chi connectivity index (χ1n) is 8.86. The third-order valence-corrected chi connectivity index (χ3v) is 5.30. The smallest absolute Gasteiger partial charge is 0.119 e. The molecule has 0 radical (unpaired) electrons. The molecular weight excluding hydrogens is 284 g/mol. The molecule has 1 aliphatic heterocycles. The summed E-state index contributed by atoms with van der Waals surface area (Å²) in [5.41, 5.74) is 1.48. The molecule has 122 valence electrons. The molecule has 2 aromatic rings. The van der Waals surface area contributed by atoms with Crippen LogP contribution in [0.3, 0.4) is 0 Å². The van der Waals surface area contributed by atoms with Gasteiger partial charge in [0.1, 0.15) is 5.75 Å². The van der Waals surface area contributed by atoms with Gasteiger partial charge in [0, 0.05) is 32.2 Å². The summed E-state index contributed by atoms with van der Waals surface area (Å²) in [6.45, 7) is 4.56. The van der Waals surface area contributed by atoms with Gasteiger partial charge in [-0.2, -0.15) is 0 Å². The van der Waals surface area contributed by atoms with Gasteiger partial charge in [-0.25, -0.2) is 0 Å². The summed E-state index contributed by atoms with van der Waals surface area (Å²) in [6, 6.07) is 13.9. The lowest BCUT2D eigenvalue weighted by atomic mass is 9.96. The first-order chi connectivity index (χ1) is 11.3. The fraction of sp³-hybridized carbons (Fsp3) is 0.500. The summed E-state index contributed by atoms with van der Waals surface area (Å²) in [6.07, 6.45) is 4.17. The Morgan fingerprint density at radius 3 is 2.57 bits per heavy atom. The van der Waals surface area contributed by atoms with Gasteiger partial charge in [-0.15, -0.1) is 0 Å². The molecule has 0 aromatic heterocycles. The molecular formula is C20H26N2O. The van der Waals surface area contributed by atoms with E-state index in [2.05, 4.69) is 46.6 Å². The van der Waals surface area contributed by atoms with Crippen LogP contribution in [0, 0.1) is 5.92 Å². The number of piperazine rings is 1. The van der Waals surface area contributed by atoms with E-state index in [1.807, 2.05) is 0 Å². The second-order valence-corrected chi connectivity index (χ2v) is 6.95. The average Bonchev–Trinajstić information content (AvgIpc) is 3.44. The van der Waals surface area contributed by atoms with Crippen molar-refractivity contribution >= 4 is 10.8 Å². The topological polar surface area (TPSA) is 24.5 Å². The van der Waals surface area contributed by atoms with E-state index in [1.54, 1.807) is 7.11 Å². The highest BCUT2D eigenvalue weighted by molar-refractivity contribution is 5.84. The normalized spacial score (nSPS) is 20.6. The quantitative estimate of drug-likeness (QED) is 0.913. The van der Waals surface area contributed by atoms with Crippen LogP contribution in [0.25, 0.3) is 10.8 Å². The highest BCUT2D eigenvalue weighted by Gasteiger charge is 2.30. The molecule has 1 saturated heterocycles. The van der Waals surface area contributed by atoms with Gasteiger partial charge in [-0.1, -0.05) is 31.0 Å². The van der Waals surface area contributed by atoms with Crippen LogP contribution >= 0.6 is 0 Å². The maximum absolute atomic E-state index is 5.34. The minimum absolute atomic E-state index is 0.580. The lowest BCUT2D eigenvalue weighted by molar-refractivity contribution is 0.160. The van der Waals surface area contributed by atoms with Gasteiger partial charge in [0.15, 0.2) is 0 Å². The summed E-state index contributed by atoms with van der Waals surface area (Å²) < 4.78 is 5.34. The van der Waals surface area contributed by atoms with E-state index in [0.29, 0.717) is 6.04 Å². The summed E-state index contributed by atoms with van der Waals surface area (Å²) >= 11 is 0. The largest absolute Gasteiger partial charge is 0.497 e. The number of nitrogens with zero attached hydrogens (tertiary/aromatic N) is 1. The van der Waals surface area contributed by atoms with Crippen molar-refractivity contribution in [2.75, 3.05) is 33.3 Å². The van der Waals surface area contributed by atoms with Crippen LogP contribution in [-0.4, -0.2) is 38.2 Å². The van der Waals surface area contributed by atoms with Crippen LogP contribution in [0.4, 0.5) is 0 Å². The zero-order chi connectivity index (χ0) is 15.6. The zero-order valence-corrected chi connectivity index (χ0v) is 13.9. The number of nitrogens with one attached hydrogen (secondary N) is 1. The number of hydrogen-bond donors (Lipinski definition) is 1. The predicted molar refractivity (Wildman–Crippen MR) is 95.0 cm³/mol. The van der Waals surface area contributed by atoms with Gasteiger partial charge in [0.2, 0.25) is 0 Å². The fourth-order valence-corrected chi connectivity index (χ4v) is 3.74. The second-order valence-electron chi connectivity index (χ2n) is 6.95. The second kappa shape index (κ2) is 6.50. The summed E-state index contributed by atoms with van der Waals surface area (Å²) in [7, 11) is 1.73. The van der Waals surface area contributed by atoms with Gasteiger partial charge in [0.05, 0.1) is 7.11 Å². The van der Waals surface area contributed by atoms with E-state index in [4.69, 9.17) is 4.74 Å². The maximum Gasteiger partial charge on any atom is 0.119 e. The van der Waals surface area contributed by atoms with E-state index in [-0.39, 0.29) is 0 Å². The lowest BCUT2D eigenvalue weighted by Crippen LogP contribution is -2.45. The molecule has 1 atom stereocenters. The van der Waals surface area contributed by atoms with Crippen molar-refractivity contribution in [2.45, 2.75) is 25.3 Å². The Morgan fingerprint density at radius 1 is 1.09 bits per heavy atom. The average molecular weight is 310 g/mol. The van der Waals surface area contributed by atoms with E-state index >= 15 is 0 Å². The van der Waals surface area contributed by atoms with E-state index < -0.39 is 0 Å². The van der Waals surface area contributed by atoms with Crippen molar-refractivity contribution < 1.29 is 4.74 Å². The number of rotatable bonds is 5. The Bertz CT molecular complexity index is 674. The molecule has 3 nitrogen and oxygen atoms in total. The Kier molecular flexibility index (Phi) is 4.23. The molecule has 2 aromatic carbocycles. The fourth-order valence-electron chi connectivity index (χ4n) is 3.74. The molecule has 3 heteroatoms. The van der Waals surface area contributed by atoms with E-state index in [1.165, 1.54) is 35.6 Å². The van der Waals surface area contributed by atoms with Crippen LogP contribution in [0.15, 0.2) is 36.4 Å². The molecule has 1 heterocycles. The highest BCUT2D eigenvalue weighted by atomic mass is 16.5. The Morgan fingerprint density at radius 2 is 1.83 bits per heavy atom. The van der Waals surface area contributed by atoms with Crippen molar-refractivity contribution in [3.63, 3.8) is 0 Å². The first-order valence-corrected chi connectivity index (χ1v) is 8.86. The van der Waals surface area contributed by atoms with Crippen LogP contribution in [-0.2, 0) is 0 Å². The third kappa shape index (κ3) is 3.36. The van der Waals surface area contributed by atoms with Gasteiger partial charge >= 0.3 is 0 Å². The summed E-state index contributed by atoms with van der Waals surface area (Å²) in [4.78, 5) is 2.68. The van der Waals surface area contributed by atoms with Crippen molar-refractivity contribution in [1.29, 1.82) is 0 Å². The molecule has 4 rings (SSSR count). The number of methoxy groups -OCH3 is 1. The van der Waals surface area contributed by atoms with Crippen LogP contribution in [0.1, 0.15) is 30.9 Å². The monoisotopic (exact) mass is 310 g/mol. The highest BCUT2D eigenvalue weighted by Crippen LogP contribution is 2.40. The number of benzene rings is 2. The molecule has 0 unspecified atom stereocenters. The van der Waals surface area contributed by atoms with Gasteiger partial charge < -0.3 is 10.1 Å². The maximum atomic E-state index is 5.34. The third-order valence-electron chi connectivity index (χ3n) is 5.30. The molecule has 2 aliphatic rings. The molecule has 1 aliphatic carbocycles. The van der Waals surface area contributed by atoms with E-state index in [0.717, 1.165) is 37.8 Å². The number of ether oxygens (including phenoxy) is 1. The van der Waals surface area contributed by atoms with Crippen molar-refractivity contribution in [3.8, 4) is 5.75 Å². The van der Waals surface area contributed by atoms with Crippen LogP contribution < -0.4 is 10.1 Å².